The molecular weight excluding hydrogens is 432 g/mol. The van der Waals surface area contributed by atoms with E-state index in [1.165, 1.54) is 6.92 Å². The lowest BCUT2D eigenvalue weighted by molar-refractivity contribution is -0.107. The third-order valence-electron chi connectivity index (χ3n) is 6.85. The third kappa shape index (κ3) is 3.84. The van der Waals surface area contributed by atoms with E-state index in [0.717, 1.165) is 11.1 Å². The molecule has 0 spiro atoms. The van der Waals surface area contributed by atoms with Crippen molar-refractivity contribution >= 4 is 16.1 Å². The summed E-state index contributed by atoms with van der Waals surface area (Å²) in [7, 11) is -3.76. The molecule has 1 aromatic carbocycles. The van der Waals surface area contributed by atoms with Crippen molar-refractivity contribution in [3.63, 3.8) is 0 Å². The molecule has 2 aromatic rings. The predicted molar refractivity (Wildman–Crippen MR) is 119 cm³/mol. The number of rotatable bonds is 3. The summed E-state index contributed by atoms with van der Waals surface area (Å²) in [5.41, 5.74) is 3.48. The van der Waals surface area contributed by atoms with Crippen molar-refractivity contribution in [2.45, 2.75) is 44.4 Å². The Bertz CT molecular complexity index is 1220. The number of nitrogens with one attached hydrogen (secondary N) is 1. The number of benzene rings is 1. The summed E-state index contributed by atoms with van der Waals surface area (Å²) < 4.78 is 56.7. The maximum absolute atomic E-state index is 14.7. The zero-order valence-electron chi connectivity index (χ0n) is 18.1. The van der Waals surface area contributed by atoms with Gasteiger partial charge >= 0.3 is 0 Å². The smallest absolute Gasteiger partial charge is 0.252 e. The second-order valence-corrected chi connectivity index (χ2v) is 10.7. The van der Waals surface area contributed by atoms with Crippen molar-refractivity contribution in [1.29, 1.82) is 5.26 Å². The first-order valence-electron chi connectivity index (χ1n) is 10.6. The molecule has 0 radical (unpaired) electrons. The summed E-state index contributed by atoms with van der Waals surface area (Å²) >= 11 is 0. The van der Waals surface area contributed by atoms with E-state index in [-0.39, 0.29) is 0 Å². The zero-order chi connectivity index (χ0) is 23.3. The Labute approximate surface area is 187 Å². The van der Waals surface area contributed by atoms with Crippen molar-refractivity contribution in [3.8, 4) is 17.2 Å². The van der Waals surface area contributed by atoms with Gasteiger partial charge in [-0.3, -0.25) is 4.98 Å². The average Bonchev–Trinajstić information content (AvgIpc) is 2.95. The van der Waals surface area contributed by atoms with Gasteiger partial charge in [-0.2, -0.15) is 5.26 Å². The van der Waals surface area contributed by atoms with E-state index in [0.29, 0.717) is 17.0 Å². The zero-order valence-corrected chi connectivity index (χ0v) is 18.9. The van der Waals surface area contributed by atoms with Crippen LogP contribution in [0.2, 0.25) is 0 Å². The second-order valence-electron chi connectivity index (χ2n) is 8.78. The summed E-state index contributed by atoms with van der Waals surface area (Å²) in [6.45, 7) is 5.07. The number of hydrogen-bond donors (Lipinski definition) is 1. The molecule has 1 saturated heterocycles. The van der Waals surface area contributed by atoms with E-state index in [2.05, 4.69) is 15.8 Å². The number of pyridine rings is 1. The number of halogens is 2. The molecule has 4 rings (SSSR count). The average molecular weight is 458 g/mol. The van der Waals surface area contributed by atoms with Crippen LogP contribution in [0.5, 0.6) is 0 Å². The Kier molecular flexibility index (Phi) is 5.68. The highest BCUT2D eigenvalue weighted by Crippen LogP contribution is 2.50. The molecular formula is C24H25F2N3O2S. The Morgan fingerprint density at radius 2 is 1.91 bits per heavy atom. The number of alkyl halides is 2. The summed E-state index contributed by atoms with van der Waals surface area (Å²) in [6, 6.07) is 12.7. The van der Waals surface area contributed by atoms with Crippen LogP contribution in [0.25, 0.3) is 17.2 Å². The van der Waals surface area contributed by atoms with Gasteiger partial charge in [0.15, 0.2) is 0 Å². The SMILES string of the molecule is Cc1nc(/C=C/[C@@H]2[C@H]3[C@@H](CC(F)(F)[C@H]2C)S(=O)(=O)N[C@@H]3C)ccc1-c1ccccc1C#N. The van der Waals surface area contributed by atoms with Gasteiger partial charge in [0.25, 0.3) is 5.92 Å². The summed E-state index contributed by atoms with van der Waals surface area (Å²) in [5.74, 6) is -5.08. The van der Waals surface area contributed by atoms with E-state index in [4.69, 9.17) is 0 Å². The van der Waals surface area contributed by atoms with Crippen LogP contribution in [0.4, 0.5) is 8.78 Å². The van der Waals surface area contributed by atoms with Gasteiger partial charge in [0.1, 0.15) is 0 Å². The van der Waals surface area contributed by atoms with Gasteiger partial charge in [-0.25, -0.2) is 21.9 Å². The van der Waals surface area contributed by atoms with Crippen LogP contribution < -0.4 is 4.72 Å². The molecule has 1 aliphatic carbocycles. The molecule has 32 heavy (non-hydrogen) atoms. The summed E-state index contributed by atoms with van der Waals surface area (Å²) in [5, 5.41) is 8.26. The summed E-state index contributed by atoms with van der Waals surface area (Å²) in [4.78, 5) is 4.59. The maximum Gasteiger partial charge on any atom is 0.252 e. The molecule has 168 valence electrons. The molecule has 1 aromatic heterocycles. The van der Waals surface area contributed by atoms with Gasteiger partial charge < -0.3 is 0 Å². The van der Waals surface area contributed by atoms with E-state index in [1.54, 1.807) is 37.3 Å². The molecule has 0 amide bonds. The van der Waals surface area contributed by atoms with Crippen LogP contribution in [0.1, 0.15) is 37.2 Å². The Hall–Kier alpha value is -2.63. The van der Waals surface area contributed by atoms with E-state index >= 15 is 0 Å². The number of allylic oxidation sites excluding steroid dienone is 1. The number of nitrogens with zero attached hydrogens (tertiary/aromatic N) is 2. The molecule has 0 unspecified atom stereocenters. The van der Waals surface area contributed by atoms with Crippen molar-refractivity contribution in [3.05, 3.63) is 59.4 Å². The number of nitriles is 1. The molecule has 0 bridgehead atoms. The number of hydrogen-bond acceptors (Lipinski definition) is 4. The van der Waals surface area contributed by atoms with Crippen molar-refractivity contribution < 1.29 is 17.2 Å². The molecule has 1 aliphatic heterocycles. The minimum atomic E-state index is -3.76. The standard InChI is InChI=1S/C24H25F2N3O2S/c1-14-19(23-16(3)29-32(30,31)22(23)12-24(14,25)26)10-8-18-9-11-20(15(2)28-18)21-7-5-4-6-17(21)13-27/h4-11,14,16,19,22-23,29H,12H2,1-3H3/b10-8+/t14-,16+,19-,22+,23-/m0/s1. The van der Waals surface area contributed by atoms with Gasteiger partial charge in [0.2, 0.25) is 10.0 Å². The van der Waals surface area contributed by atoms with Crippen LogP contribution in [-0.2, 0) is 10.0 Å². The van der Waals surface area contributed by atoms with E-state index in [9.17, 15) is 22.5 Å². The van der Waals surface area contributed by atoms with Gasteiger partial charge in [-0.05, 0) is 38.0 Å². The first-order valence-corrected chi connectivity index (χ1v) is 12.1. The number of sulfonamides is 1. The Morgan fingerprint density at radius 3 is 2.59 bits per heavy atom. The molecule has 2 aliphatic rings. The highest BCUT2D eigenvalue weighted by Gasteiger charge is 2.60. The van der Waals surface area contributed by atoms with Crippen molar-refractivity contribution in [2.24, 2.45) is 17.8 Å². The van der Waals surface area contributed by atoms with Crippen LogP contribution in [0.15, 0.2) is 42.5 Å². The van der Waals surface area contributed by atoms with Crippen LogP contribution in [-0.4, -0.2) is 30.6 Å². The highest BCUT2D eigenvalue weighted by atomic mass is 32.2. The van der Waals surface area contributed by atoms with Gasteiger partial charge in [-0.15, -0.1) is 0 Å². The summed E-state index contributed by atoms with van der Waals surface area (Å²) in [6.07, 6.45) is 2.75. The third-order valence-corrected chi connectivity index (χ3v) is 8.83. The van der Waals surface area contributed by atoms with Crippen molar-refractivity contribution in [1.82, 2.24) is 9.71 Å². The molecule has 8 heteroatoms. The van der Waals surface area contributed by atoms with Crippen LogP contribution in [0, 0.1) is 36.0 Å². The van der Waals surface area contributed by atoms with E-state index < -0.39 is 51.4 Å². The Balaban J connectivity index is 1.66. The fraction of sp³-hybridized carbons (Fsp3) is 0.417. The first kappa shape index (κ1) is 22.6. The monoisotopic (exact) mass is 457 g/mol. The number of aromatic nitrogens is 1. The molecule has 5 nitrogen and oxygen atoms in total. The lowest BCUT2D eigenvalue weighted by Crippen LogP contribution is -2.49. The number of aryl methyl sites for hydroxylation is 1. The topological polar surface area (TPSA) is 82.8 Å². The van der Waals surface area contributed by atoms with Crippen LogP contribution >= 0.6 is 0 Å². The fourth-order valence-corrected chi connectivity index (χ4v) is 7.25. The molecule has 2 fully saturated rings. The molecule has 5 atom stereocenters. The lowest BCUT2D eigenvalue weighted by atomic mass is 9.68. The first-order chi connectivity index (χ1) is 15.0. The number of fused-ring (bicyclic) bond motifs is 1. The highest BCUT2D eigenvalue weighted by molar-refractivity contribution is 7.90. The molecule has 1 saturated carbocycles. The molecule has 1 N–H and O–H groups in total. The normalized spacial score (nSPS) is 30.7. The van der Waals surface area contributed by atoms with Gasteiger partial charge in [-0.1, -0.05) is 37.3 Å². The van der Waals surface area contributed by atoms with Crippen molar-refractivity contribution in [2.75, 3.05) is 0 Å². The lowest BCUT2D eigenvalue weighted by Gasteiger charge is -2.42. The maximum atomic E-state index is 14.7. The van der Waals surface area contributed by atoms with Gasteiger partial charge in [0.05, 0.1) is 22.6 Å². The molecule has 2 heterocycles. The Morgan fingerprint density at radius 1 is 1.19 bits per heavy atom. The quantitative estimate of drug-likeness (QED) is 0.734. The minimum Gasteiger partial charge on any atom is -0.253 e. The largest absolute Gasteiger partial charge is 0.253 e. The van der Waals surface area contributed by atoms with Crippen LogP contribution in [0.3, 0.4) is 0 Å². The minimum absolute atomic E-state index is 0.405. The van der Waals surface area contributed by atoms with E-state index in [1.807, 2.05) is 25.1 Å². The predicted octanol–water partition coefficient (Wildman–Crippen LogP) is 4.54. The van der Waals surface area contributed by atoms with Gasteiger partial charge in [0, 0.05) is 41.1 Å². The fourth-order valence-electron chi connectivity index (χ4n) is 5.13. The second kappa shape index (κ2) is 8.05.